The second-order valence-electron chi connectivity index (χ2n) is 16.7. The van der Waals surface area contributed by atoms with Crippen molar-refractivity contribution in [2.75, 3.05) is 91.4 Å². The van der Waals surface area contributed by atoms with Crippen molar-refractivity contribution in [1.29, 1.82) is 0 Å². The Balaban J connectivity index is 0.000000196. The summed E-state index contributed by atoms with van der Waals surface area (Å²) in [4.78, 5) is 88.7. The molecular formula is C52H55Cl4N11O11. The highest BCUT2D eigenvalue weighted by Crippen LogP contribution is 2.35. The van der Waals surface area contributed by atoms with Crippen molar-refractivity contribution in [2.24, 2.45) is 0 Å². The minimum atomic E-state index is -1.02. The summed E-state index contributed by atoms with van der Waals surface area (Å²) in [5, 5.41) is 30.9. The zero-order valence-corrected chi connectivity index (χ0v) is 44.8. The van der Waals surface area contributed by atoms with Crippen molar-refractivity contribution in [2.45, 2.75) is 24.9 Å². The molecule has 5 aliphatic heterocycles. The first-order valence-corrected chi connectivity index (χ1v) is 24.9. The van der Waals surface area contributed by atoms with E-state index in [1.807, 2.05) is 0 Å². The van der Waals surface area contributed by atoms with E-state index in [1.165, 1.54) is 47.6 Å². The van der Waals surface area contributed by atoms with Gasteiger partial charge in [0.25, 0.3) is 17.7 Å². The number of anilines is 5. The molecule has 0 saturated carbocycles. The zero-order valence-electron chi connectivity index (χ0n) is 41.7. The van der Waals surface area contributed by atoms with Gasteiger partial charge >= 0.3 is 11.9 Å². The third kappa shape index (κ3) is 17.5. The molecule has 0 aliphatic carbocycles. The lowest BCUT2D eigenvalue weighted by Gasteiger charge is -2.29. The van der Waals surface area contributed by atoms with E-state index in [4.69, 9.17) is 59.2 Å². The minimum Gasteiger partial charge on any atom is -0.490 e. The highest BCUT2D eigenvalue weighted by atomic mass is 35.5. The predicted octanol–water partition coefficient (Wildman–Crippen LogP) is 7.12. The highest BCUT2D eigenvalue weighted by molar-refractivity contribution is 6.66. The number of hydrogen-bond donors (Lipinski definition) is 6. The Hall–Kier alpha value is -8.02. The molecule has 0 spiro atoms. The largest absolute Gasteiger partial charge is 0.490 e. The molecule has 5 aromatic rings. The molecule has 2 saturated heterocycles. The van der Waals surface area contributed by atoms with E-state index in [1.54, 1.807) is 58.6 Å². The summed E-state index contributed by atoms with van der Waals surface area (Å²) < 4.78 is 16.3. The average Bonchev–Trinajstić information content (AvgIpc) is 4.20. The zero-order chi connectivity index (χ0) is 55.4. The summed E-state index contributed by atoms with van der Waals surface area (Å²) >= 11 is 16.2. The molecular weight excluding hydrogens is 1100 g/mol. The lowest BCUT2D eigenvalue weighted by atomic mass is 10.1. The Morgan fingerprint density at radius 2 is 1.10 bits per heavy atom. The van der Waals surface area contributed by atoms with Gasteiger partial charge in [0.05, 0.1) is 76.1 Å². The number of carboxylic acids is 2. The number of likely N-dealkylation sites (tertiary alicyclic amines) is 1. The van der Waals surface area contributed by atoms with Crippen molar-refractivity contribution in [3.05, 3.63) is 144 Å². The smallest absolute Gasteiger partial charge is 0.335 e. The summed E-state index contributed by atoms with van der Waals surface area (Å²) in [6, 6.07) is 14.9. The summed E-state index contributed by atoms with van der Waals surface area (Å²) in [6.45, 7) is 16.2. The number of halogens is 4. The maximum absolute atomic E-state index is 12.9. The molecule has 412 valence electrons. The Bertz CT molecular complexity index is 2950. The van der Waals surface area contributed by atoms with Gasteiger partial charge in [0.1, 0.15) is 37.1 Å². The van der Waals surface area contributed by atoms with Gasteiger partial charge in [-0.1, -0.05) is 42.9 Å². The normalized spacial score (nSPS) is 16.0. The number of carbonyl (C=O) groups is 6. The van der Waals surface area contributed by atoms with Crippen LogP contribution in [0.5, 0.6) is 17.2 Å². The van der Waals surface area contributed by atoms with Crippen LogP contribution in [0.25, 0.3) is 0 Å². The quantitative estimate of drug-likeness (QED) is 0.0600. The van der Waals surface area contributed by atoms with Gasteiger partial charge in [-0.3, -0.25) is 19.2 Å². The van der Waals surface area contributed by atoms with E-state index in [2.05, 4.69) is 60.9 Å². The first kappa shape index (κ1) is 60.8. The van der Waals surface area contributed by atoms with Gasteiger partial charge in [-0.2, -0.15) is 0 Å². The lowest BCUT2D eigenvalue weighted by molar-refractivity contribution is -0.115. The number of amides is 3. The van der Waals surface area contributed by atoms with Gasteiger partial charge in [0.2, 0.25) is 17.1 Å². The Kier molecular flexibility index (Phi) is 23.4. The molecule has 5 aliphatic rings. The van der Waals surface area contributed by atoms with Gasteiger partial charge in [-0.15, -0.1) is 12.4 Å². The summed E-state index contributed by atoms with van der Waals surface area (Å²) in [7, 11) is 0. The van der Waals surface area contributed by atoms with Gasteiger partial charge in [-0.05, 0) is 104 Å². The number of carboxylic acid groups (broad SMARTS) is 2. The summed E-state index contributed by atoms with van der Waals surface area (Å²) in [6.07, 6.45) is 11.7. The second kappa shape index (κ2) is 30.1. The topological polar surface area (TPSA) is 280 Å². The van der Waals surface area contributed by atoms with Crippen molar-refractivity contribution in [3.63, 3.8) is 0 Å². The van der Waals surface area contributed by atoms with Crippen LogP contribution in [0.4, 0.5) is 29.0 Å². The Morgan fingerprint density at radius 1 is 0.628 bits per heavy atom. The van der Waals surface area contributed by atoms with Crippen molar-refractivity contribution in [3.8, 4) is 17.2 Å². The third-order valence-corrected chi connectivity index (χ3v) is 12.1. The third-order valence-electron chi connectivity index (χ3n) is 11.5. The maximum Gasteiger partial charge on any atom is 0.335 e. The van der Waals surface area contributed by atoms with Crippen LogP contribution in [-0.4, -0.2) is 148 Å². The SMILES string of the molecule is C=CC(=O)Cl.C=CC(=O)N1CCOc2cc(C(=O)N3CC[C@@H](Nc4ncc(Cl)cn4)C3)ccc21.C=CC(=O)N1CCOc2cc(C(=O)O)ccc21.Cl.Clc1cnc(N[C@@H]2CCNC2)nc1.O=C(O)c1ccc2c(c1)OCCN2. The van der Waals surface area contributed by atoms with Gasteiger partial charge in [0.15, 0.2) is 0 Å². The lowest BCUT2D eigenvalue weighted by Crippen LogP contribution is -2.37. The standard InChI is InChI=1S/C20H20ClN5O3.C12H11NO4.C9H9NO3.C8H11ClN4.C3H3ClO.ClH/c1-2-18(27)26-7-8-29-17-9-13(3-4-16(17)26)19(28)25-6-5-15(12-25)24-20-22-10-14(21)11-23-20;1-2-11(14)13-5-6-17-10-7-8(12(15)16)3-4-9(10)13;11-9(12)6-1-2-7-8(5-6)13-4-3-10-7;9-6-3-11-8(12-4-6)13-7-1-2-10-5-7;1-2-3(4)5;/h2-4,9-11,15H,1,5-8,12H2,(H,22,23,24);2-4,7H,1,5-6H2,(H,15,16);1-2,5,10H,3-4H2,(H,11,12);3-4,7,10H,1-2,5H2,(H,11,12,13);2H,1H2;1H/t15-;;;7-;;/m1..1../s1. The van der Waals surface area contributed by atoms with Crippen molar-refractivity contribution < 1.29 is 53.2 Å². The van der Waals surface area contributed by atoms with Crippen LogP contribution in [0, 0.1) is 0 Å². The summed E-state index contributed by atoms with van der Waals surface area (Å²) in [5.41, 5.74) is 3.00. The van der Waals surface area contributed by atoms with Gasteiger partial charge in [0, 0.05) is 43.8 Å². The average molecular weight is 1150 g/mol. The molecule has 7 heterocycles. The van der Waals surface area contributed by atoms with Crippen LogP contribution in [0.1, 0.15) is 43.9 Å². The maximum atomic E-state index is 12.9. The number of allylic oxidation sites excluding steroid dienone is 1. The first-order chi connectivity index (χ1) is 37.1. The molecule has 3 amide bonds. The molecule has 2 atom stereocenters. The van der Waals surface area contributed by atoms with Crippen molar-refractivity contribution >= 4 is 111 Å². The number of fused-ring (bicyclic) bond motifs is 3. The number of hydrogen-bond acceptors (Lipinski definition) is 17. The van der Waals surface area contributed by atoms with E-state index in [-0.39, 0.29) is 47.3 Å². The molecule has 2 fully saturated rings. The molecule has 78 heavy (non-hydrogen) atoms. The van der Waals surface area contributed by atoms with E-state index in [0.29, 0.717) is 108 Å². The second-order valence-corrected chi connectivity index (χ2v) is 18.0. The van der Waals surface area contributed by atoms with Crippen LogP contribution in [0.15, 0.2) is 117 Å². The molecule has 10 rings (SSSR count). The number of nitrogens with zero attached hydrogens (tertiary/aromatic N) is 7. The fourth-order valence-electron chi connectivity index (χ4n) is 7.81. The van der Waals surface area contributed by atoms with Crippen LogP contribution in [0.3, 0.4) is 0 Å². The molecule has 0 unspecified atom stereocenters. The fraction of sp³-hybridized carbons (Fsp3) is 0.269. The van der Waals surface area contributed by atoms with Gasteiger partial charge in [-0.25, -0.2) is 29.5 Å². The molecule has 0 bridgehead atoms. The highest BCUT2D eigenvalue weighted by Gasteiger charge is 2.30. The van der Waals surface area contributed by atoms with Crippen LogP contribution in [-0.2, 0) is 14.4 Å². The van der Waals surface area contributed by atoms with Gasteiger partial charge < -0.3 is 60.4 Å². The number of rotatable bonds is 10. The number of aromatic nitrogens is 4. The van der Waals surface area contributed by atoms with E-state index < -0.39 is 17.2 Å². The fourth-order valence-corrected chi connectivity index (χ4v) is 8.01. The Morgan fingerprint density at radius 3 is 1.59 bits per heavy atom. The van der Waals surface area contributed by atoms with Crippen LogP contribution >= 0.6 is 47.2 Å². The van der Waals surface area contributed by atoms with Crippen LogP contribution in [0.2, 0.25) is 10.0 Å². The predicted molar refractivity (Wildman–Crippen MR) is 299 cm³/mol. The molecule has 26 heteroatoms. The first-order valence-electron chi connectivity index (χ1n) is 23.8. The number of aromatic carboxylic acids is 2. The number of nitrogens with one attached hydrogen (secondary N) is 4. The van der Waals surface area contributed by atoms with Crippen LogP contribution < -0.4 is 45.3 Å². The van der Waals surface area contributed by atoms with E-state index in [0.717, 1.165) is 44.2 Å². The Labute approximate surface area is 469 Å². The molecule has 6 N–H and O–H groups in total. The monoisotopic (exact) mass is 1150 g/mol. The van der Waals surface area contributed by atoms with E-state index >= 15 is 0 Å². The number of benzene rings is 3. The van der Waals surface area contributed by atoms with E-state index in [9.17, 15) is 28.8 Å². The van der Waals surface area contributed by atoms with Crippen molar-refractivity contribution in [1.82, 2.24) is 30.2 Å². The number of ether oxygens (including phenoxy) is 3. The molecule has 2 aromatic heterocycles. The number of carbonyl (C=O) groups excluding carboxylic acids is 4. The molecule has 0 radical (unpaired) electrons. The molecule has 3 aromatic carbocycles. The molecule has 22 nitrogen and oxygen atoms in total. The minimum absolute atomic E-state index is 0. The summed E-state index contributed by atoms with van der Waals surface area (Å²) in [5.74, 6) is 0.244.